The predicted octanol–water partition coefficient (Wildman–Crippen LogP) is 4.55. The number of ether oxygens (including phenoxy) is 4. The fourth-order valence-electron chi connectivity index (χ4n) is 3.06. The molecule has 0 saturated carbocycles. The van der Waals surface area contributed by atoms with E-state index in [1.54, 1.807) is 19.3 Å². The first-order valence-electron chi connectivity index (χ1n) is 9.29. The largest absolute Gasteiger partial charge is 0.492 e. The van der Waals surface area contributed by atoms with Crippen LogP contribution in [-0.2, 0) is 0 Å². The summed E-state index contributed by atoms with van der Waals surface area (Å²) in [5, 5.41) is 0. The van der Waals surface area contributed by atoms with Crippen LogP contribution in [0.25, 0.3) is 6.08 Å². The molecule has 0 bridgehead atoms. The first kappa shape index (κ1) is 21.0. The first-order valence-corrected chi connectivity index (χ1v) is 10.1. The van der Waals surface area contributed by atoms with E-state index in [4.69, 9.17) is 18.9 Å². The van der Waals surface area contributed by atoms with E-state index >= 15 is 0 Å². The minimum Gasteiger partial charge on any atom is -0.492 e. The number of anilines is 1. The van der Waals surface area contributed by atoms with E-state index in [-0.39, 0.29) is 5.78 Å². The second-order valence-corrected chi connectivity index (χ2v) is 7.40. The van der Waals surface area contributed by atoms with Crippen LogP contribution in [-0.4, -0.2) is 46.8 Å². The van der Waals surface area contributed by atoms with E-state index in [1.807, 2.05) is 50.2 Å². The average molecular weight is 462 g/mol. The van der Waals surface area contributed by atoms with Crippen molar-refractivity contribution >= 4 is 33.5 Å². The van der Waals surface area contributed by atoms with E-state index in [9.17, 15) is 4.79 Å². The van der Waals surface area contributed by atoms with Gasteiger partial charge in [0, 0.05) is 25.2 Å². The highest BCUT2D eigenvalue weighted by Crippen LogP contribution is 2.43. The molecule has 0 fully saturated rings. The fourth-order valence-corrected chi connectivity index (χ4v) is 3.53. The quantitative estimate of drug-likeness (QED) is 0.445. The third-order valence-corrected chi connectivity index (χ3v) is 4.99. The molecule has 1 heterocycles. The van der Waals surface area contributed by atoms with Crippen LogP contribution < -0.4 is 23.8 Å². The van der Waals surface area contributed by atoms with Gasteiger partial charge in [0.1, 0.15) is 19.0 Å². The van der Waals surface area contributed by atoms with Crippen molar-refractivity contribution in [2.24, 2.45) is 0 Å². The molecule has 0 N–H and O–H groups in total. The molecule has 0 atom stereocenters. The Morgan fingerprint density at radius 3 is 2.66 bits per heavy atom. The lowest BCUT2D eigenvalue weighted by atomic mass is 10.1. The van der Waals surface area contributed by atoms with Crippen LogP contribution in [0.1, 0.15) is 22.8 Å². The molecule has 2 aromatic carbocycles. The van der Waals surface area contributed by atoms with Crippen LogP contribution in [0.3, 0.4) is 0 Å². The van der Waals surface area contributed by atoms with Crippen LogP contribution in [0.15, 0.2) is 34.8 Å². The Kier molecular flexibility index (Phi) is 6.69. The van der Waals surface area contributed by atoms with Gasteiger partial charge in [-0.25, -0.2) is 0 Å². The molecule has 0 aliphatic carbocycles. The normalized spacial score (nSPS) is 13.1. The molecule has 154 valence electrons. The summed E-state index contributed by atoms with van der Waals surface area (Å²) in [6, 6.07) is 9.05. The van der Waals surface area contributed by atoms with Crippen LogP contribution in [0.5, 0.6) is 23.0 Å². The molecule has 1 aliphatic rings. The van der Waals surface area contributed by atoms with Gasteiger partial charge in [0.25, 0.3) is 0 Å². The molecule has 6 nitrogen and oxygen atoms in total. The summed E-state index contributed by atoms with van der Waals surface area (Å²) in [5.74, 6) is 2.31. The van der Waals surface area contributed by atoms with Crippen LogP contribution >= 0.6 is 15.9 Å². The minimum atomic E-state index is -0.145. The highest BCUT2D eigenvalue weighted by atomic mass is 79.9. The van der Waals surface area contributed by atoms with Gasteiger partial charge < -0.3 is 23.8 Å². The summed E-state index contributed by atoms with van der Waals surface area (Å²) < 4.78 is 22.9. The summed E-state index contributed by atoms with van der Waals surface area (Å²) in [4.78, 5) is 14.9. The molecule has 0 amide bonds. The number of halogens is 1. The predicted molar refractivity (Wildman–Crippen MR) is 117 cm³/mol. The number of fused-ring (bicyclic) bond motifs is 1. The Labute approximate surface area is 179 Å². The summed E-state index contributed by atoms with van der Waals surface area (Å²) in [6.45, 7) is 3.44. The van der Waals surface area contributed by atoms with E-state index in [0.717, 1.165) is 17.0 Å². The van der Waals surface area contributed by atoms with Crippen molar-refractivity contribution in [3.05, 3.63) is 45.9 Å². The van der Waals surface area contributed by atoms with Crippen molar-refractivity contribution < 1.29 is 23.7 Å². The Bertz CT molecular complexity index is 939. The van der Waals surface area contributed by atoms with Gasteiger partial charge in [0.2, 0.25) is 5.75 Å². The van der Waals surface area contributed by atoms with Gasteiger partial charge in [-0.3, -0.25) is 4.79 Å². The van der Waals surface area contributed by atoms with Crippen molar-refractivity contribution in [1.82, 2.24) is 0 Å². The number of rotatable bonds is 7. The van der Waals surface area contributed by atoms with Gasteiger partial charge in [0.05, 0.1) is 23.9 Å². The molecule has 0 radical (unpaired) electrons. The second-order valence-electron chi connectivity index (χ2n) is 6.54. The summed E-state index contributed by atoms with van der Waals surface area (Å²) in [7, 11) is 5.39. The second kappa shape index (κ2) is 9.22. The Morgan fingerprint density at radius 1 is 1.21 bits per heavy atom. The van der Waals surface area contributed by atoms with Gasteiger partial charge in [-0.05, 0) is 59.3 Å². The Hall–Kier alpha value is -2.67. The maximum Gasteiger partial charge on any atom is 0.204 e. The van der Waals surface area contributed by atoms with Crippen molar-refractivity contribution in [2.75, 3.05) is 45.9 Å². The highest BCUT2D eigenvalue weighted by Gasteiger charge is 2.21. The van der Waals surface area contributed by atoms with E-state index in [0.29, 0.717) is 47.1 Å². The average Bonchev–Trinajstić information content (AvgIpc) is 2.73. The summed E-state index contributed by atoms with van der Waals surface area (Å²) in [5.41, 5.74) is 2.11. The first-order chi connectivity index (χ1) is 14.0. The van der Waals surface area contributed by atoms with Crippen LogP contribution in [0, 0.1) is 0 Å². The molecule has 29 heavy (non-hydrogen) atoms. The van der Waals surface area contributed by atoms with Crippen LogP contribution in [0.2, 0.25) is 0 Å². The third kappa shape index (κ3) is 4.50. The van der Waals surface area contributed by atoms with Crippen molar-refractivity contribution in [3.63, 3.8) is 0 Å². The molecule has 0 unspecified atom stereocenters. The zero-order valence-corrected chi connectivity index (χ0v) is 18.5. The number of hydrogen-bond donors (Lipinski definition) is 0. The number of carbonyl (C=O) groups excluding carboxylic acids is 1. The molecule has 2 aromatic rings. The molecule has 7 heteroatoms. The van der Waals surface area contributed by atoms with Crippen molar-refractivity contribution in [1.29, 1.82) is 0 Å². The molecule has 0 spiro atoms. The van der Waals surface area contributed by atoms with Crippen molar-refractivity contribution in [3.8, 4) is 23.0 Å². The highest BCUT2D eigenvalue weighted by molar-refractivity contribution is 9.12. The lowest BCUT2D eigenvalue weighted by Gasteiger charge is -2.21. The monoisotopic (exact) mass is 461 g/mol. The zero-order valence-electron chi connectivity index (χ0n) is 17.0. The van der Waals surface area contributed by atoms with E-state index in [2.05, 4.69) is 15.9 Å². The number of carbonyl (C=O) groups is 1. The van der Waals surface area contributed by atoms with Crippen LogP contribution in [0.4, 0.5) is 5.69 Å². The lowest BCUT2D eigenvalue weighted by Crippen LogP contribution is -2.16. The summed E-state index contributed by atoms with van der Waals surface area (Å²) in [6.07, 6.45) is 1.73. The number of nitrogens with zero attached hydrogens (tertiary/aromatic N) is 1. The molecule has 0 saturated heterocycles. The number of benzene rings is 2. The zero-order chi connectivity index (χ0) is 21.0. The lowest BCUT2D eigenvalue weighted by molar-refractivity contribution is 0.104. The maximum atomic E-state index is 13.0. The number of methoxy groups -OCH3 is 1. The van der Waals surface area contributed by atoms with Crippen molar-refractivity contribution in [2.45, 2.75) is 6.92 Å². The van der Waals surface area contributed by atoms with Gasteiger partial charge in [0.15, 0.2) is 17.3 Å². The molecule has 3 rings (SSSR count). The number of Topliss-reactive ketones (excluding diaryl/α,β-unsaturated/α-hetero) is 1. The Morgan fingerprint density at radius 2 is 1.97 bits per heavy atom. The standard InChI is InChI=1S/C22H24BrNO5/c1-5-27-18-8-6-14(13-17(18)24(2)3)20(25)16(23)12-15-7-9-19-22(21(15)26-4)29-11-10-28-19/h6-9,12-13H,5,10-11H2,1-4H3. The summed E-state index contributed by atoms with van der Waals surface area (Å²) >= 11 is 3.43. The fraction of sp³-hybridized carbons (Fsp3) is 0.318. The smallest absolute Gasteiger partial charge is 0.204 e. The topological polar surface area (TPSA) is 57.2 Å². The van der Waals surface area contributed by atoms with Gasteiger partial charge in [-0.1, -0.05) is 0 Å². The molecule has 0 aromatic heterocycles. The van der Waals surface area contributed by atoms with E-state index in [1.165, 1.54) is 0 Å². The number of ketones is 1. The minimum absolute atomic E-state index is 0.145. The molecule has 1 aliphatic heterocycles. The van der Waals surface area contributed by atoms with E-state index < -0.39 is 0 Å². The maximum absolute atomic E-state index is 13.0. The SMILES string of the molecule is CCOc1ccc(C(=O)C(Br)=Cc2ccc3c(c2OC)OCCO3)cc1N(C)C. The number of hydrogen-bond acceptors (Lipinski definition) is 6. The Balaban J connectivity index is 1.94. The molecular weight excluding hydrogens is 438 g/mol. The van der Waals surface area contributed by atoms with Gasteiger partial charge in [-0.15, -0.1) is 0 Å². The van der Waals surface area contributed by atoms with Gasteiger partial charge >= 0.3 is 0 Å². The molecular formula is C22H24BrNO5. The van der Waals surface area contributed by atoms with Gasteiger partial charge in [-0.2, -0.15) is 0 Å². The number of allylic oxidation sites excluding steroid dienone is 1. The third-order valence-electron chi connectivity index (χ3n) is 4.40.